The van der Waals surface area contributed by atoms with Gasteiger partial charge in [-0.3, -0.25) is 4.99 Å². The zero-order valence-corrected chi connectivity index (χ0v) is 6.60. The number of nitrogens with zero attached hydrogens (tertiary/aromatic N) is 2. The van der Waals surface area contributed by atoms with E-state index in [9.17, 15) is 4.79 Å². The van der Waals surface area contributed by atoms with Crippen LogP contribution in [0.15, 0.2) is 34.0 Å². The summed E-state index contributed by atoms with van der Waals surface area (Å²) in [5.74, 6) is -0.465. The van der Waals surface area contributed by atoms with Gasteiger partial charge in [0, 0.05) is 18.6 Å². The van der Waals surface area contributed by atoms with E-state index in [0.717, 1.165) is 0 Å². The smallest absolute Gasteiger partial charge is 0.356 e. The summed E-state index contributed by atoms with van der Waals surface area (Å²) in [4.78, 5) is 18.6. The third-order valence-electron chi connectivity index (χ3n) is 1.18. The van der Waals surface area contributed by atoms with Gasteiger partial charge in [-0.25, -0.2) is 9.79 Å². The number of esters is 1. The molecule has 4 heteroatoms. The number of hydrogen-bond donors (Lipinski definition) is 0. The minimum Gasteiger partial charge on any atom is -0.464 e. The van der Waals surface area contributed by atoms with Gasteiger partial charge in [0.15, 0.2) is 0 Å². The molecule has 0 bridgehead atoms. The molecule has 0 unspecified atom stereocenters. The molecule has 0 N–H and O–H groups in total. The highest BCUT2D eigenvalue weighted by molar-refractivity contribution is 5.95. The van der Waals surface area contributed by atoms with E-state index in [1.165, 1.54) is 25.6 Å². The van der Waals surface area contributed by atoms with Crippen LogP contribution in [-0.2, 0) is 9.53 Å². The van der Waals surface area contributed by atoms with Crippen LogP contribution in [0.1, 0.15) is 0 Å². The summed E-state index contributed by atoms with van der Waals surface area (Å²) in [5, 5.41) is 0. The summed E-state index contributed by atoms with van der Waals surface area (Å²) >= 11 is 0. The van der Waals surface area contributed by atoms with Crippen molar-refractivity contribution in [2.24, 2.45) is 9.98 Å². The van der Waals surface area contributed by atoms with Crippen LogP contribution in [0.3, 0.4) is 0 Å². The van der Waals surface area contributed by atoms with Crippen LogP contribution >= 0.6 is 0 Å². The van der Waals surface area contributed by atoms with Crippen LogP contribution in [0.4, 0.5) is 0 Å². The molecule has 62 valence electrons. The predicted octanol–water partition coefficient (Wildman–Crippen LogP) is 0.712. The van der Waals surface area contributed by atoms with Crippen molar-refractivity contribution in [2.75, 3.05) is 7.11 Å². The minimum absolute atomic E-state index is 0.241. The van der Waals surface area contributed by atoms with Crippen molar-refractivity contribution in [1.29, 1.82) is 0 Å². The van der Waals surface area contributed by atoms with E-state index in [-0.39, 0.29) is 5.70 Å². The zero-order valence-electron chi connectivity index (χ0n) is 6.60. The SMILES string of the molecule is COC(=O)C1=CC=NC=CC=N1. The molecule has 0 aromatic rings. The second kappa shape index (κ2) is 4.23. The number of hydrogen-bond acceptors (Lipinski definition) is 4. The van der Waals surface area contributed by atoms with E-state index in [2.05, 4.69) is 14.7 Å². The van der Waals surface area contributed by atoms with E-state index in [1.807, 2.05) is 0 Å². The molecule has 0 spiro atoms. The number of carbonyl (C=O) groups excluding carboxylic acids is 1. The van der Waals surface area contributed by atoms with Crippen LogP contribution in [0.5, 0.6) is 0 Å². The van der Waals surface area contributed by atoms with Gasteiger partial charge in [-0.15, -0.1) is 0 Å². The molecule has 0 saturated heterocycles. The Morgan fingerprint density at radius 2 is 2.33 bits per heavy atom. The van der Waals surface area contributed by atoms with Gasteiger partial charge < -0.3 is 4.74 Å². The second-order valence-electron chi connectivity index (χ2n) is 1.96. The molecule has 0 aromatic carbocycles. The van der Waals surface area contributed by atoms with Gasteiger partial charge in [-0.2, -0.15) is 0 Å². The van der Waals surface area contributed by atoms with Crippen molar-refractivity contribution in [3.63, 3.8) is 0 Å². The number of allylic oxidation sites excluding steroid dienone is 2. The standard InChI is InChI=1S/C8H8N2O2/c1-12-8(11)7-3-6-9-4-2-5-10-7/h2-6H,1H3. The van der Waals surface area contributed by atoms with E-state index < -0.39 is 5.97 Å². The molecular formula is C8H8N2O2. The average molecular weight is 164 g/mol. The van der Waals surface area contributed by atoms with Gasteiger partial charge >= 0.3 is 5.97 Å². The predicted molar refractivity (Wildman–Crippen MR) is 46.2 cm³/mol. The van der Waals surface area contributed by atoms with Gasteiger partial charge in [0.05, 0.1) is 7.11 Å². The highest BCUT2D eigenvalue weighted by Crippen LogP contribution is 1.98. The first-order valence-electron chi connectivity index (χ1n) is 3.35. The third kappa shape index (κ3) is 2.16. The number of ether oxygens (including phenoxy) is 1. The Kier molecular flexibility index (Phi) is 2.95. The van der Waals surface area contributed by atoms with Crippen molar-refractivity contribution in [3.05, 3.63) is 24.0 Å². The Bertz CT molecular complexity index is 287. The fourth-order valence-corrected chi connectivity index (χ4v) is 0.643. The molecule has 1 aliphatic rings. The van der Waals surface area contributed by atoms with Crippen molar-refractivity contribution < 1.29 is 9.53 Å². The molecule has 0 amide bonds. The van der Waals surface area contributed by atoms with Crippen molar-refractivity contribution >= 4 is 18.4 Å². The lowest BCUT2D eigenvalue weighted by molar-refractivity contribution is -0.136. The normalized spacial score (nSPS) is 14.9. The van der Waals surface area contributed by atoms with E-state index in [1.54, 1.807) is 12.3 Å². The first-order chi connectivity index (χ1) is 5.84. The van der Waals surface area contributed by atoms with Gasteiger partial charge in [0.25, 0.3) is 0 Å². The molecule has 0 saturated carbocycles. The molecule has 0 radical (unpaired) electrons. The van der Waals surface area contributed by atoms with Crippen molar-refractivity contribution in [2.45, 2.75) is 0 Å². The van der Waals surface area contributed by atoms with Gasteiger partial charge in [-0.05, 0) is 12.2 Å². The van der Waals surface area contributed by atoms with Crippen LogP contribution in [0.25, 0.3) is 0 Å². The second-order valence-corrected chi connectivity index (χ2v) is 1.96. The van der Waals surface area contributed by atoms with Crippen LogP contribution in [0.2, 0.25) is 0 Å². The molecule has 0 atom stereocenters. The molecular weight excluding hydrogens is 156 g/mol. The molecule has 0 fully saturated rings. The third-order valence-corrected chi connectivity index (χ3v) is 1.18. The Balaban J connectivity index is 2.82. The van der Waals surface area contributed by atoms with Gasteiger partial charge in [0.1, 0.15) is 5.70 Å². The first-order valence-corrected chi connectivity index (χ1v) is 3.35. The summed E-state index contributed by atoms with van der Waals surface area (Å²) in [7, 11) is 1.31. The molecule has 0 aliphatic carbocycles. The van der Waals surface area contributed by atoms with Crippen LogP contribution in [-0.4, -0.2) is 25.5 Å². The largest absolute Gasteiger partial charge is 0.464 e. The maximum absolute atomic E-state index is 10.9. The average Bonchev–Trinajstić information content (AvgIpc) is 2.02. The first kappa shape index (κ1) is 8.39. The minimum atomic E-state index is -0.465. The lowest BCUT2D eigenvalue weighted by Gasteiger charge is -1.97. The van der Waals surface area contributed by atoms with E-state index >= 15 is 0 Å². The van der Waals surface area contributed by atoms with E-state index in [4.69, 9.17) is 0 Å². The van der Waals surface area contributed by atoms with Crippen molar-refractivity contribution in [3.8, 4) is 0 Å². The van der Waals surface area contributed by atoms with Crippen LogP contribution < -0.4 is 0 Å². The Labute approximate surface area is 70.0 Å². The summed E-state index contributed by atoms with van der Waals surface area (Å²) in [6.07, 6.45) is 7.67. The molecule has 0 aromatic heterocycles. The highest BCUT2D eigenvalue weighted by atomic mass is 16.5. The molecule has 1 rings (SSSR count). The van der Waals surface area contributed by atoms with Crippen LogP contribution in [0, 0.1) is 0 Å². The maximum atomic E-state index is 10.9. The summed E-state index contributed by atoms with van der Waals surface area (Å²) in [6, 6.07) is 0. The molecule has 1 aliphatic heterocycles. The summed E-state index contributed by atoms with van der Waals surface area (Å²) in [6.45, 7) is 0. The number of rotatable bonds is 1. The van der Waals surface area contributed by atoms with Gasteiger partial charge in [0.2, 0.25) is 0 Å². The van der Waals surface area contributed by atoms with Crippen molar-refractivity contribution in [1.82, 2.24) is 0 Å². The lowest BCUT2D eigenvalue weighted by atomic mass is 10.4. The van der Waals surface area contributed by atoms with Gasteiger partial charge in [-0.1, -0.05) is 0 Å². The topological polar surface area (TPSA) is 51.0 Å². The van der Waals surface area contributed by atoms with E-state index in [0.29, 0.717) is 0 Å². The Morgan fingerprint density at radius 1 is 1.50 bits per heavy atom. The number of carbonyl (C=O) groups is 1. The summed E-state index contributed by atoms with van der Waals surface area (Å²) < 4.78 is 4.48. The number of aliphatic imine (C=N–C) groups is 2. The fourth-order valence-electron chi connectivity index (χ4n) is 0.643. The Hall–Kier alpha value is -1.71. The number of methoxy groups -OCH3 is 1. The monoisotopic (exact) mass is 164 g/mol. The fraction of sp³-hybridized carbons (Fsp3) is 0.125. The molecule has 4 nitrogen and oxygen atoms in total. The molecule has 12 heavy (non-hydrogen) atoms. The lowest BCUT2D eigenvalue weighted by Crippen LogP contribution is -2.03. The molecule has 1 heterocycles. The Morgan fingerprint density at radius 3 is 3.08 bits per heavy atom. The zero-order chi connectivity index (χ0) is 8.81. The highest BCUT2D eigenvalue weighted by Gasteiger charge is 2.05. The summed E-state index contributed by atoms with van der Waals surface area (Å²) in [5.41, 5.74) is 0.241. The quantitative estimate of drug-likeness (QED) is 0.536. The maximum Gasteiger partial charge on any atom is 0.356 e.